The standard InChI is InChI=1S/C12H10FNO2/c1-14-7-9(6-11(14)12(15)16)8-3-2-4-10(13)5-8/h2-7H,1H3,(H,15,16). The highest BCUT2D eigenvalue weighted by atomic mass is 19.1. The monoisotopic (exact) mass is 219 g/mol. The number of carboxylic acids is 1. The number of carbonyl (C=O) groups is 1. The van der Waals surface area contributed by atoms with E-state index in [4.69, 9.17) is 5.11 Å². The van der Waals surface area contributed by atoms with Gasteiger partial charge in [0.2, 0.25) is 0 Å². The second-order valence-electron chi connectivity index (χ2n) is 3.54. The second kappa shape index (κ2) is 3.81. The lowest BCUT2D eigenvalue weighted by molar-refractivity contribution is 0.0686. The van der Waals surface area contributed by atoms with Crippen molar-refractivity contribution in [1.82, 2.24) is 4.57 Å². The fourth-order valence-corrected chi connectivity index (χ4v) is 1.60. The highest BCUT2D eigenvalue weighted by molar-refractivity contribution is 5.88. The van der Waals surface area contributed by atoms with Gasteiger partial charge in [-0.05, 0) is 23.8 Å². The Bertz CT molecular complexity index is 546. The number of rotatable bonds is 2. The largest absolute Gasteiger partial charge is 0.477 e. The molecule has 0 bridgehead atoms. The van der Waals surface area contributed by atoms with Crippen LogP contribution < -0.4 is 0 Å². The molecule has 1 aromatic heterocycles. The van der Waals surface area contributed by atoms with E-state index in [1.807, 2.05) is 0 Å². The lowest BCUT2D eigenvalue weighted by Crippen LogP contribution is -2.02. The average molecular weight is 219 g/mol. The smallest absolute Gasteiger partial charge is 0.352 e. The molecule has 0 amide bonds. The number of halogens is 1. The van der Waals surface area contributed by atoms with Gasteiger partial charge in [0.15, 0.2) is 0 Å². The summed E-state index contributed by atoms with van der Waals surface area (Å²) in [6, 6.07) is 7.59. The molecule has 0 saturated heterocycles. The third-order valence-electron chi connectivity index (χ3n) is 2.38. The van der Waals surface area contributed by atoms with E-state index in [0.29, 0.717) is 11.1 Å². The molecule has 2 aromatic rings. The average Bonchev–Trinajstić information content (AvgIpc) is 2.60. The molecular weight excluding hydrogens is 209 g/mol. The van der Waals surface area contributed by atoms with Crippen molar-refractivity contribution in [2.75, 3.05) is 0 Å². The number of aryl methyl sites for hydroxylation is 1. The molecule has 0 radical (unpaired) electrons. The van der Waals surface area contributed by atoms with Crippen molar-refractivity contribution in [3.63, 3.8) is 0 Å². The van der Waals surface area contributed by atoms with Crippen molar-refractivity contribution >= 4 is 5.97 Å². The first kappa shape index (κ1) is 10.4. The van der Waals surface area contributed by atoms with Crippen LogP contribution in [-0.2, 0) is 7.05 Å². The van der Waals surface area contributed by atoms with Gasteiger partial charge < -0.3 is 9.67 Å². The van der Waals surface area contributed by atoms with Crippen molar-refractivity contribution in [3.05, 3.63) is 48.0 Å². The third-order valence-corrected chi connectivity index (χ3v) is 2.38. The van der Waals surface area contributed by atoms with E-state index in [-0.39, 0.29) is 11.5 Å². The molecule has 82 valence electrons. The van der Waals surface area contributed by atoms with Gasteiger partial charge in [0.05, 0.1) is 0 Å². The highest BCUT2D eigenvalue weighted by Crippen LogP contribution is 2.22. The first-order chi connectivity index (χ1) is 7.58. The maximum atomic E-state index is 13.0. The SMILES string of the molecule is Cn1cc(-c2cccc(F)c2)cc1C(=O)O. The Labute approximate surface area is 91.8 Å². The molecule has 0 fully saturated rings. The molecule has 0 aliphatic carbocycles. The molecule has 0 aliphatic heterocycles. The minimum Gasteiger partial charge on any atom is -0.477 e. The number of aromatic nitrogens is 1. The lowest BCUT2D eigenvalue weighted by Gasteiger charge is -1.96. The second-order valence-corrected chi connectivity index (χ2v) is 3.54. The number of nitrogens with zero attached hydrogens (tertiary/aromatic N) is 1. The predicted octanol–water partition coefficient (Wildman–Crippen LogP) is 2.53. The van der Waals surface area contributed by atoms with Crippen LogP contribution in [0.15, 0.2) is 36.5 Å². The molecule has 0 aliphatic rings. The maximum Gasteiger partial charge on any atom is 0.352 e. The van der Waals surface area contributed by atoms with Crippen LogP contribution in [0.2, 0.25) is 0 Å². The molecule has 0 saturated carbocycles. The maximum absolute atomic E-state index is 13.0. The van der Waals surface area contributed by atoms with Crippen LogP contribution in [0.5, 0.6) is 0 Å². The summed E-state index contributed by atoms with van der Waals surface area (Å²) >= 11 is 0. The van der Waals surface area contributed by atoms with E-state index < -0.39 is 5.97 Å². The molecular formula is C12H10FNO2. The van der Waals surface area contributed by atoms with Gasteiger partial charge in [0.25, 0.3) is 0 Å². The molecule has 4 heteroatoms. The Balaban J connectivity index is 2.49. The zero-order chi connectivity index (χ0) is 11.7. The normalized spacial score (nSPS) is 10.4. The van der Waals surface area contributed by atoms with Crippen molar-refractivity contribution in [1.29, 1.82) is 0 Å². The van der Waals surface area contributed by atoms with Gasteiger partial charge in [-0.1, -0.05) is 12.1 Å². The van der Waals surface area contributed by atoms with Gasteiger partial charge in [0.1, 0.15) is 11.5 Å². The van der Waals surface area contributed by atoms with Crippen LogP contribution in [0.4, 0.5) is 4.39 Å². The molecule has 16 heavy (non-hydrogen) atoms. The number of hydrogen-bond acceptors (Lipinski definition) is 1. The molecule has 0 unspecified atom stereocenters. The van der Waals surface area contributed by atoms with E-state index >= 15 is 0 Å². The zero-order valence-corrected chi connectivity index (χ0v) is 8.64. The fraction of sp³-hybridized carbons (Fsp3) is 0.0833. The summed E-state index contributed by atoms with van der Waals surface area (Å²) in [5.41, 5.74) is 1.54. The molecule has 2 rings (SSSR count). The third kappa shape index (κ3) is 1.82. The Morgan fingerprint density at radius 2 is 2.06 bits per heavy atom. The summed E-state index contributed by atoms with van der Waals surface area (Å²) < 4.78 is 14.5. The molecule has 1 aromatic carbocycles. The zero-order valence-electron chi connectivity index (χ0n) is 8.64. The van der Waals surface area contributed by atoms with E-state index in [2.05, 4.69) is 0 Å². The van der Waals surface area contributed by atoms with Crippen LogP contribution in [0, 0.1) is 5.82 Å². The summed E-state index contributed by atoms with van der Waals surface area (Å²) in [5.74, 6) is -1.33. The van der Waals surface area contributed by atoms with Gasteiger partial charge in [0, 0.05) is 18.8 Å². The quantitative estimate of drug-likeness (QED) is 0.843. The highest BCUT2D eigenvalue weighted by Gasteiger charge is 2.11. The number of carboxylic acid groups (broad SMARTS) is 1. The van der Waals surface area contributed by atoms with Crippen molar-refractivity contribution in [2.45, 2.75) is 0 Å². The van der Waals surface area contributed by atoms with Crippen LogP contribution in [-0.4, -0.2) is 15.6 Å². The van der Waals surface area contributed by atoms with E-state index in [9.17, 15) is 9.18 Å². The first-order valence-electron chi connectivity index (χ1n) is 4.73. The van der Waals surface area contributed by atoms with E-state index in [0.717, 1.165) is 0 Å². The summed E-state index contributed by atoms with van der Waals surface area (Å²) in [5, 5.41) is 8.89. The number of hydrogen-bond donors (Lipinski definition) is 1. The summed E-state index contributed by atoms with van der Waals surface area (Å²) in [7, 11) is 1.65. The van der Waals surface area contributed by atoms with E-state index in [1.54, 1.807) is 25.4 Å². The summed E-state index contributed by atoms with van der Waals surface area (Å²) in [6.07, 6.45) is 1.66. The van der Waals surface area contributed by atoms with Crippen LogP contribution in [0.1, 0.15) is 10.5 Å². The minimum absolute atomic E-state index is 0.180. The molecule has 1 N–H and O–H groups in total. The fourth-order valence-electron chi connectivity index (χ4n) is 1.60. The molecule has 0 atom stereocenters. The Morgan fingerprint density at radius 3 is 2.62 bits per heavy atom. The van der Waals surface area contributed by atoms with Crippen molar-refractivity contribution in [2.24, 2.45) is 7.05 Å². The van der Waals surface area contributed by atoms with E-state index in [1.165, 1.54) is 22.8 Å². The molecule has 3 nitrogen and oxygen atoms in total. The lowest BCUT2D eigenvalue weighted by atomic mass is 10.1. The van der Waals surface area contributed by atoms with Crippen molar-refractivity contribution < 1.29 is 14.3 Å². The topological polar surface area (TPSA) is 42.2 Å². The number of aromatic carboxylic acids is 1. The predicted molar refractivity (Wildman–Crippen MR) is 57.8 cm³/mol. The minimum atomic E-state index is -0.995. The Morgan fingerprint density at radius 1 is 1.31 bits per heavy atom. The van der Waals surface area contributed by atoms with Gasteiger partial charge in [-0.3, -0.25) is 0 Å². The van der Waals surface area contributed by atoms with Crippen LogP contribution in [0.3, 0.4) is 0 Å². The van der Waals surface area contributed by atoms with Gasteiger partial charge in [-0.25, -0.2) is 9.18 Å². The Hall–Kier alpha value is -2.10. The van der Waals surface area contributed by atoms with Crippen molar-refractivity contribution in [3.8, 4) is 11.1 Å². The van der Waals surface area contributed by atoms with Crippen LogP contribution in [0.25, 0.3) is 11.1 Å². The summed E-state index contributed by atoms with van der Waals surface area (Å²) in [4.78, 5) is 10.8. The molecule has 1 heterocycles. The first-order valence-corrected chi connectivity index (χ1v) is 4.73. The van der Waals surface area contributed by atoms with Gasteiger partial charge >= 0.3 is 5.97 Å². The van der Waals surface area contributed by atoms with Gasteiger partial charge in [-0.15, -0.1) is 0 Å². The van der Waals surface area contributed by atoms with Crippen LogP contribution >= 0.6 is 0 Å². The number of benzene rings is 1. The molecule has 0 spiro atoms. The summed E-state index contributed by atoms with van der Waals surface area (Å²) in [6.45, 7) is 0. The van der Waals surface area contributed by atoms with Gasteiger partial charge in [-0.2, -0.15) is 0 Å². The Kier molecular flexibility index (Phi) is 2.48.